The summed E-state index contributed by atoms with van der Waals surface area (Å²) in [5, 5.41) is -0.141. The zero-order valence-electron chi connectivity index (χ0n) is 9.91. The molecule has 0 aromatic rings. The number of nitrogens with one attached hydrogen (secondary N) is 1. The molecule has 0 radical (unpaired) electrons. The van der Waals surface area contributed by atoms with Gasteiger partial charge < -0.3 is 0 Å². The molecule has 0 spiro atoms. The predicted octanol–water partition coefficient (Wildman–Crippen LogP) is 2.50. The molecule has 1 fully saturated rings. The number of sulfonamides is 1. The van der Waals surface area contributed by atoms with E-state index in [1.165, 1.54) is 0 Å². The van der Waals surface area contributed by atoms with E-state index >= 15 is 0 Å². The van der Waals surface area contributed by atoms with Gasteiger partial charge in [0.25, 0.3) is 0 Å². The third kappa shape index (κ3) is 4.60. The number of hydrogen-bond donors (Lipinski definition) is 1. The fourth-order valence-electron chi connectivity index (χ4n) is 2.06. The highest BCUT2D eigenvalue weighted by molar-refractivity contribution is 7.90. The van der Waals surface area contributed by atoms with E-state index in [1.54, 1.807) is 0 Å². The normalized spacial score (nSPS) is 20.1. The molecule has 1 saturated carbocycles. The Kier molecular flexibility index (Phi) is 6.08. The molecule has 0 amide bonds. The Bertz CT molecular complexity index is 286. The van der Waals surface area contributed by atoms with E-state index in [-0.39, 0.29) is 5.25 Å². The van der Waals surface area contributed by atoms with Crippen molar-refractivity contribution in [1.29, 1.82) is 0 Å². The first-order valence-electron chi connectivity index (χ1n) is 6.10. The second kappa shape index (κ2) is 6.82. The van der Waals surface area contributed by atoms with E-state index in [2.05, 4.69) is 11.6 Å². The summed E-state index contributed by atoms with van der Waals surface area (Å²) < 4.78 is 26.3. The van der Waals surface area contributed by atoms with Gasteiger partial charge in [-0.3, -0.25) is 0 Å². The molecule has 0 heterocycles. The van der Waals surface area contributed by atoms with Crippen molar-refractivity contribution in [2.75, 3.05) is 12.4 Å². The van der Waals surface area contributed by atoms with Crippen LogP contribution in [0.2, 0.25) is 0 Å². The topological polar surface area (TPSA) is 46.2 Å². The van der Waals surface area contributed by atoms with E-state index in [9.17, 15) is 8.42 Å². The Morgan fingerprint density at radius 2 is 2.00 bits per heavy atom. The molecule has 1 rings (SSSR count). The summed E-state index contributed by atoms with van der Waals surface area (Å²) in [5.41, 5.74) is 0. The molecule has 0 aromatic heterocycles. The van der Waals surface area contributed by atoms with Crippen LogP contribution in [0.1, 0.15) is 45.4 Å². The second-order valence-electron chi connectivity index (χ2n) is 4.75. The van der Waals surface area contributed by atoms with Crippen LogP contribution in [-0.2, 0) is 10.0 Å². The quantitative estimate of drug-likeness (QED) is 0.569. The van der Waals surface area contributed by atoms with Crippen LogP contribution in [-0.4, -0.2) is 26.1 Å². The van der Waals surface area contributed by atoms with Gasteiger partial charge in [0.2, 0.25) is 10.0 Å². The van der Waals surface area contributed by atoms with E-state index in [0.29, 0.717) is 18.3 Å². The van der Waals surface area contributed by atoms with Gasteiger partial charge in [0.15, 0.2) is 0 Å². The van der Waals surface area contributed by atoms with Crippen molar-refractivity contribution in [2.24, 2.45) is 5.92 Å². The molecular weight excluding hydrogens is 246 g/mol. The van der Waals surface area contributed by atoms with Gasteiger partial charge in [-0.2, -0.15) is 0 Å². The van der Waals surface area contributed by atoms with Crippen molar-refractivity contribution in [3.05, 3.63) is 0 Å². The van der Waals surface area contributed by atoms with Crippen molar-refractivity contribution in [1.82, 2.24) is 4.72 Å². The van der Waals surface area contributed by atoms with Crippen LogP contribution in [0.5, 0.6) is 0 Å². The number of hydrogen-bond acceptors (Lipinski definition) is 2. The first-order chi connectivity index (χ1) is 7.56. The van der Waals surface area contributed by atoms with E-state index in [4.69, 9.17) is 11.6 Å². The molecule has 0 aromatic carbocycles. The third-order valence-electron chi connectivity index (χ3n) is 3.18. The van der Waals surface area contributed by atoms with Crippen molar-refractivity contribution >= 4 is 21.6 Å². The monoisotopic (exact) mass is 267 g/mol. The van der Waals surface area contributed by atoms with Gasteiger partial charge in [0.1, 0.15) is 0 Å². The van der Waals surface area contributed by atoms with Gasteiger partial charge in [0.05, 0.1) is 5.25 Å². The van der Waals surface area contributed by atoms with Gasteiger partial charge in [-0.25, -0.2) is 13.1 Å². The summed E-state index contributed by atoms with van der Waals surface area (Å²) >= 11 is 5.69. The molecule has 0 bridgehead atoms. The van der Waals surface area contributed by atoms with E-state index in [0.717, 1.165) is 38.5 Å². The Morgan fingerprint density at radius 1 is 1.38 bits per heavy atom. The minimum atomic E-state index is -3.05. The summed E-state index contributed by atoms with van der Waals surface area (Å²) in [6, 6.07) is 0. The molecule has 1 atom stereocenters. The summed E-state index contributed by atoms with van der Waals surface area (Å²) in [6.45, 7) is 2.64. The van der Waals surface area contributed by atoms with Gasteiger partial charge in [-0.15, -0.1) is 11.6 Å². The van der Waals surface area contributed by atoms with Crippen LogP contribution in [0.3, 0.4) is 0 Å². The lowest BCUT2D eigenvalue weighted by molar-refractivity contribution is 0.536. The largest absolute Gasteiger partial charge is 0.215 e. The van der Waals surface area contributed by atoms with Crippen LogP contribution < -0.4 is 4.72 Å². The Morgan fingerprint density at radius 3 is 2.56 bits per heavy atom. The number of halogens is 1. The minimum Gasteiger partial charge on any atom is -0.215 e. The van der Waals surface area contributed by atoms with Crippen molar-refractivity contribution in [3.63, 3.8) is 0 Å². The number of rotatable bonds is 7. The molecule has 5 heteroatoms. The van der Waals surface area contributed by atoms with Gasteiger partial charge in [-0.1, -0.05) is 19.8 Å². The van der Waals surface area contributed by atoms with E-state index in [1.807, 2.05) is 0 Å². The molecule has 1 aliphatic rings. The first kappa shape index (κ1) is 14.3. The highest BCUT2D eigenvalue weighted by atomic mass is 35.5. The van der Waals surface area contributed by atoms with Crippen LogP contribution >= 0.6 is 11.6 Å². The lowest BCUT2D eigenvalue weighted by atomic mass is 10.1. The lowest BCUT2D eigenvalue weighted by Crippen LogP contribution is -2.33. The minimum absolute atomic E-state index is 0.141. The van der Waals surface area contributed by atoms with E-state index < -0.39 is 10.0 Å². The number of alkyl halides is 1. The average Bonchev–Trinajstić information content (AvgIpc) is 2.78. The zero-order chi connectivity index (χ0) is 12.0. The van der Waals surface area contributed by atoms with Crippen LogP contribution in [0.25, 0.3) is 0 Å². The molecule has 1 aliphatic carbocycles. The fraction of sp³-hybridized carbons (Fsp3) is 1.00. The molecule has 16 heavy (non-hydrogen) atoms. The predicted molar refractivity (Wildman–Crippen MR) is 68.3 cm³/mol. The average molecular weight is 268 g/mol. The molecule has 96 valence electrons. The summed E-state index contributed by atoms with van der Waals surface area (Å²) in [6.07, 6.45) is 5.61. The summed E-state index contributed by atoms with van der Waals surface area (Å²) in [7, 11) is -3.05. The third-order valence-corrected chi connectivity index (χ3v) is 5.66. The van der Waals surface area contributed by atoms with Gasteiger partial charge in [-0.05, 0) is 31.6 Å². The van der Waals surface area contributed by atoms with Gasteiger partial charge in [0, 0.05) is 12.4 Å². The molecule has 0 aliphatic heterocycles. The smallest absolute Gasteiger partial charge is 0.214 e. The standard InChI is InChI=1S/C11H22ClNO2S/c1-10(9-12)5-4-8-13-16(14,15)11-6-2-3-7-11/h10-11,13H,2-9H2,1H3. The molecule has 1 N–H and O–H groups in total. The van der Waals surface area contributed by atoms with Crippen LogP contribution in [0, 0.1) is 5.92 Å². The molecule has 3 nitrogen and oxygen atoms in total. The maximum atomic E-state index is 11.8. The second-order valence-corrected chi connectivity index (χ2v) is 7.10. The maximum Gasteiger partial charge on any atom is 0.214 e. The fourth-order valence-corrected chi connectivity index (χ4v) is 3.83. The highest BCUT2D eigenvalue weighted by Gasteiger charge is 2.27. The van der Waals surface area contributed by atoms with Crippen LogP contribution in [0.15, 0.2) is 0 Å². The van der Waals surface area contributed by atoms with Crippen LogP contribution in [0.4, 0.5) is 0 Å². The Balaban J connectivity index is 2.20. The Hall–Kier alpha value is 0.200. The zero-order valence-corrected chi connectivity index (χ0v) is 11.5. The summed E-state index contributed by atoms with van der Waals surface area (Å²) in [4.78, 5) is 0. The maximum absolute atomic E-state index is 11.8. The van der Waals surface area contributed by atoms with Crippen molar-refractivity contribution in [3.8, 4) is 0 Å². The van der Waals surface area contributed by atoms with Crippen molar-refractivity contribution in [2.45, 2.75) is 50.7 Å². The SMILES string of the molecule is CC(CCl)CCCNS(=O)(=O)C1CCCC1. The van der Waals surface area contributed by atoms with Crippen molar-refractivity contribution < 1.29 is 8.42 Å². The Labute approximate surface area is 104 Å². The lowest BCUT2D eigenvalue weighted by Gasteiger charge is -2.13. The highest BCUT2D eigenvalue weighted by Crippen LogP contribution is 2.23. The molecular formula is C11H22ClNO2S. The molecule has 0 saturated heterocycles. The molecule has 1 unspecified atom stereocenters. The first-order valence-corrected chi connectivity index (χ1v) is 8.19. The van der Waals surface area contributed by atoms with Gasteiger partial charge >= 0.3 is 0 Å². The summed E-state index contributed by atoms with van der Waals surface area (Å²) in [5.74, 6) is 1.12.